The molecule has 0 saturated carbocycles. The summed E-state index contributed by atoms with van der Waals surface area (Å²) in [5.41, 5.74) is 0. The zero-order valence-electron chi connectivity index (χ0n) is 11.2. The molecule has 1 aromatic rings. The second-order valence-corrected chi connectivity index (χ2v) is 5.74. The van der Waals surface area contributed by atoms with E-state index in [-0.39, 0.29) is 11.9 Å². The molecule has 0 spiro atoms. The fourth-order valence-corrected chi connectivity index (χ4v) is 2.52. The van der Waals surface area contributed by atoms with Crippen LogP contribution >= 0.6 is 23.4 Å². The molecule has 5 heteroatoms. The van der Waals surface area contributed by atoms with E-state index in [0.29, 0.717) is 11.6 Å². The lowest BCUT2D eigenvalue weighted by Crippen LogP contribution is -2.15. The third kappa shape index (κ3) is 6.73. The van der Waals surface area contributed by atoms with Crippen LogP contribution in [0.25, 0.3) is 0 Å². The third-order valence-electron chi connectivity index (χ3n) is 2.49. The van der Waals surface area contributed by atoms with Crippen molar-refractivity contribution in [2.24, 2.45) is 5.92 Å². The minimum Gasteiger partial charge on any atom is -0.494 e. The van der Waals surface area contributed by atoms with E-state index in [1.165, 1.54) is 7.11 Å². The molecule has 0 N–H and O–H groups in total. The summed E-state index contributed by atoms with van der Waals surface area (Å²) in [6.07, 6.45) is 0.946. The molecular formula is C14H19ClO3S. The van der Waals surface area contributed by atoms with E-state index in [0.717, 1.165) is 23.7 Å². The maximum Gasteiger partial charge on any atom is 0.309 e. The zero-order valence-corrected chi connectivity index (χ0v) is 12.8. The first-order valence-corrected chi connectivity index (χ1v) is 7.70. The highest BCUT2D eigenvalue weighted by molar-refractivity contribution is 7.99. The number of halogens is 1. The topological polar surface area (TPSA) is 35.5 Å². The molecule has 0 heterocycles. The number of hydrogen-bond donors (Lipinski definition) is 0. The van der Waals surface area contributed by atoms with Crippen LogP contribution in [0.1, 0.15) is 13.3 Å². The summed E-state index contributed by atoms with van der Waals surface area (Å²) in [5, 5.41) is 0.708. The average molecular weight is 303 g/mol. The fourth-order valence-electron chi connectivity index (χ4n) is 1.41. The lowest BCUT2D eigenvalue weighted by Gasteiger charge is -2.09. The van der Waals surface area contributed by atoms with Gasteiger partial charge in [-0.25, -0.2) is 0 Å². The first-order chi connectivity index (χ1) is 9.13. The number of methoxy groups -OCH3 is 1. The molecule has 0 fully saturated rings. The van der Waals surface area contributed by atoms with E-state index in [1.807, 2.05) is 31.2 Å². The molecule has 106 valence electrons. The molecule has 1 atom stereocenters. The molecule has 0 radical (unpaired) electrons. The Hall–Kier alpha value is -0.870. The van der Waals surface area contributed by atoms with E-state index in [9.17, 15) is 4.79 Å². The van der Waals surface area contributed by atoms with Gasteiger partial charge in [0.25, 0.3) is 0 Å². The molecule has 1 unspecified atom stereocenters. The van der Waals surface area contributed by atoms with Crippen molar-refractivity contribution < 1.29 is 14.3 Å². The maximum atomic E-state index is 11.2. The Kier molecular flexibility index (Phi) is 7.75. The van der Waals surface area contributed by atoms with Crippen molar-refractivity contribution in [1.29, 1.82) is 0 Å². The van der Waals surface area contributed by atoms with Crippen molar-refractivity contribution in [3.63, 3.8) is 0 Å². The summed E-state index contributed by atoms with van der Waals surface area (Å²) in [6.45, 7) is 2.55. The first kappa shape index (κ1) is 16.2. The Morgan fingerprint density at radius 2 is 2.05 bits per heavy atom. The molecule has 0 aliphatic rings. The summed E-state index contributed by atoms with van der Waals surface area (Å²) in [5.74, 6) is 2.39. The Balaban J connectivity index is 2.05. The van der Waals surface area contributed by atoms with Crippen molar-refractivity contribution >= 4 is 29.3 Å². The Bertz CT molecular complexity index is 381. The molecule has 1 aromatic carbocycles. The van der Waals surface area contributed by atoms with Gasteiger partial charge in [-0.1, -0.05) is 18.5 Å². The van der Waals surface area contributed by atoms with Gasteiger partial charge in [-0.2, -0.15) is 11.8 Å². The van der Waals surface area contributed by atoms with E-state index >= 15 is 0 Å². The van der Waals surface area contributed by atoms with Crippen molar-refractivity contribution in [2.45, 2.75) is 13.3 Å². The van der Waals surface area contributed by atoms with E-state index < -0.39 is 0 Å². The van der Waals surface area contributed by atoms with Gasteiger partial charge in [0.15, 0.2) is 0 Å². The van der Waals surface area contributed by atoms with Crippen LogP contribution in [-0.2, 0) is 9.53 Å². The highest BCUT2D eigenvalue weighted by Crippen LogP contribution is 2.16. The largest absolute Gasteiger partial charge is 0.494 e. The van der Waals surface area contributed by atoms with Crippen molar-refractivity contribution in [1.82, 2.24) is 0 Å². The summed E-state index contributed by atoms with van der Waals surface area (Å²) in [6, 6.07) is 7.33. The van der Waals surface area contributed by atoms with Gasteiger partial charge in [-0.05, 0) is 36.4 Å². The molecule has 0 aromatic heterocycles. The predicted octanol–water partition coefficient (Wildman–Crippen LogP) is 3.65. The van der Waals surface area contributed by atoms with Gasteiger partial charge in [0.1, 0.15) is 5.75 Å². The van der Waals surface area contributed by atoms with Gasteiger partial charge >= 0.3 is 5.97 Å². The number of thioether (sulfide) groups is 1. The lowest BCUT2D eigenvalue weighted by molar-refractivity contribution is -0.143. The molecule has 0 bridgehead atoms. The molecule has 0 aliphatic heterocycles. The van der Waals surface area contributed by atoms with Gasteiger partial charge in [0, 0.05) is 10.8 Å². The van der Waals surface area contributed by atoms with E-state index in [4.69, 9.17) is 16.3 Å². The second-order valence-electron chi connectivity index (χ2n) is 4.16. The van der Waals surface area contributed by atoms with Crippen LogP contribution < -0.4 is 4.74 Å². The maximum absolute atomic E-state index is 11.2. The first-order valence-electron chi connectivity index (χ1n) is 6.17. The molecular weight excluding hydrogens is 284 g/mol. The Labute approximate surface area is 123 Å². The van der Waals surface area contributed by atoms with Crippen molar-refractivity contribution in [2.75, 3.05) is 25.2 Å². The molecule has 1 rings (SSSR count). The quantitative estimate of drug-likeness (QED) is 0.542. The lowest BCUT2D eigenvalue weighted by atomic mass is 10.2. The highest BCUT2D eigenvalue weighted by Gasteiger charge is 2.12. The number of carbonyl (C=O) groups is 1. The number of ether oxygens (including phenoxy) is 2. The van der Waals surface area contributed by atoms with Gasteiger partial charge in [0.2, 0.25) is 0 Å². The molecule has 3 nitrogen and oxygen atoms in total. The van der Waals surface area contributed by atoms with Crippen LogP contribution in [0.3, 0.4) is 0 Å². The summed E-state index contributed by atoms with van der Waals surface area (Å²) < 4.78 is 10.2. The van der Waals surface area contributed by atoms with Gasteiger partial charge in [0.05, 0.1) is 19.6 Å². The summed E-state index contributed by atoms with van der Waals surface area (Å²) >= 11 is 7.53. The average Bonchev–Trinajstić information content (AvgIpc) is 2.43. The number of benzene rings is 1. The van der Waals surface area contributed by atoms with Crippen LogP contribution in [0.4, 0.5) is 0 Å². The van der Waals surface area contributed by atoms with E-state index in [1.54, 1.807) is 11.8 Å². The zero-order chi connectivity index (χ0) is 14.1. The monoisotopic (exact) mass is 302 g/mol. The number of rotatable bonds is 8. The predicted molar refractivity (Wildman–Crippen MR) is 80.1 cm³/mol. The summed E-state index contributed by atoms with van der Waals surface area (Å²) in [4.78, 5) is 11.2. The number of carbonyl (C=O) groups excluding carboxylic acids is 1. The molecule has 0 amide bonds. The standard InChI is InChI=1S/C14H19ClO3S/c1-11(14(16)17-2)10-19-9-3-8-18-13-6-4-12(15)5-7-13/h4-7,11H,3,8-10H2,1-2H3. The van der Waals surface area contributed by atoms with Crippen LogP contribution in [-0.4, -0.2) is 31.2 Å². The van der Waals surface area contributed by atoms with Crippen LogP contribution in [0.15, 0.2) is 24.3 Å². The summed E-state index contributed by atoms with van der Waals surface area (Å²) in [7, 11) is 1.42. The Morgan fingerprint density at radius 3 is 2.68 bits per heavy atom. The SMILES string of the molecule is COC(=O)C(C)CSCCCOc1ccc(Cl)cc1. The highest BCUT2D eigenvalue weighted by atomic mass is 35.5. The minimum absolute atomic E-state index is 0.0489. The van der Waals surface area contributed by atoms with Gasteiger partial charge in [-0.15, -0.1) is 0 Å². The fraction of sp³-hybridized carbons (Fsp3) is 0.500. The van der Waals surface area contributed by atoms with Crippen LogP contribution in [0.2, 0.25) is 5.02 Å². The second kappa shape index (κ2) is 9.10. The molecule has 0 aliphatic carbocycles. The normalized spacial score (nSPS) is 11.9. The van der Waals surface area contributed by atoms with Crippen molar-refractivity contribution in [3.8, 4) is 5.75 Å². The van der Waals surface area contributed by atoms with Crippen LogP contribution in [0.5, 0.6) is 5.75 Å². The molecule has 0 saturated heterocycles. The van der Waals surface area contributed by atoms with Gasteiger partial charge < -0.3 is 9.47 Å². The van der Waals surface area contributed by atoms with Crippen LogP contribution in [0, 0.1) is 5.92 Å². The smallest absolute Gasteiger partial charge is 0.309 e. The van der Waals surface area contributed by atoms with Crippen molar-refractivity contribution in [3.05, 3.63) is 29.3 Å². The van der Waals surface area contributed by atoms with Gasteiger partial charge in [-0.3, -0.25) is 4.79 Å². The number of esters is 1. The Morgan fingerprint density at radius 1 is 1.37 bits per heavy atom. The molecule has 19 heavy (non-hydrogen) atoms. The minimum atomic E-state index is -0.148. The third-order valence-corrected chi connectivity index (χ3v) is 4.05. The number of hydrogen-bond acceptors (Lipinski definition) is 4. The van der Waals surface area contributed by atoms with E-state index in [2.05, 4.69) is 4.74 Å².